The van der Waals surface area contributed by atoms with E-state index in [4.69, 9.17) is 0 Å². The molecule has 1 amide bonds. The minimum Gasteiger partial charge on any atom is -0.335 e. The molecule has 1 aromatic carbocycles. The first-order valence-electron chi connectivity index (χ1n) is 7.85. The van der Waals surface area contributed by atoms with Crippen molar-refractivity contribution in [3.05, 3.63) is 52.2 Å². The predicted octanol–water partition coefficient (Wildman–Crippen LogP) is 2.10. The van der Waals surface area contributed by atoms with Gasteiger partial charge in [0.25, 0.3) is 5.91 Å². The highest BCUT2D eigenvalue weighted by molar-refractivity contribution is 7.89. The highest BCUT2D eigenvalue weighted by atomic mass is 32.2. The van der Waals surface area contributed by atoms with Gasteiger partial charge in [-0.3, -0.25) is 9.59 Å². The van der Waals surface area contributed by atoms with Crippen LogP contribution in [0.1, 0.15) is 26.3 Å². The Bertz CT molecular complexity index is 882. The van der Waals surface area contributed by atoms with Gasteiger partial charge in [0.05, 0.1) is 14.6 Å². The van der Waals surface area contributed by atoms with E-state index in [0.29, 0.717) is 22.8 Å². The zero-order chi connectivity index (χ0) is 18.0. The minimum atomic E-state index is -3.53. The summed E-state index contributed by atoms with van der Waals surface area (Å²) in [5.41, 5.74) is 0. The molecule has 0 radical (unpaired) electrons. The van der Waals surface area contributed by atoms with E-state index in [1.807, 2.05) is 0 Å². The summed E-state index contributed by atoms with van der Waals surface area (Å²) < 4.78 is 26.6. The standard InChI is InChI=1S/C17H18N2O4S2/c1-13(20)15-7-8-16(24-15)17(21)18-9-11-19(12-10-18)25(22,23)14-5-3-2-4-6-14/h2-8H,9-12H2,1H3. The number of thiophene rings is 1. The van der Waals surface area contributed by atoms with Crippen molar-refractivity contribution in [2.75, 3.05) is 26.2 Å². The molecule has 0 bridgehead atoms. The van der Waals surface area contributed by atoms with Gasteiger partial charge < -0.3 is 4.90 Å². The van der Waals surface area contributed by atoms with Gasteiger partial charge in [-0.05, 0) is 31.2 Å². The molecule has 2 heterocycles. The molecule has 3 rings (SSSR count). The van der Waals surface area contributed by atoms with Crippen LogP contribution in [0.4, 0.5) is 0 Å². The highest BCUT2D eigenvalue weighted by Gasteiger charge is 2.30. The number of benzene rings is 1. The van der Waals surface area contributed by atoms with Crippen LogP contribution in [0, 0.1) is 0 Å². The summed E-state index contributed by atoms with van der Waals surface area (Å²) in [5, 5.41) is 0. The van der Waals surface area contributed by atoms with E-state index in [9.17, 15) is 18.0 Å². The number of hydrogen-bond donors (Lipinski definition) is 0. The topological polar surface area (TPSA) is 74.8 Å². The Balaban J connectivity index is 1.67. The molecule has 0 aliphatic carbocycles. The number of amides is 1. The lowest BCUT2D eigenvalue weighted by Crippen LogP contribution is -2.50. The van der Waals surface area contributed by atoms with Gasteiger partial charge in [-0.2, -0.15) is 4.31 Å². The van der Waals surface area contributed by atoms with Crippen molar-refractivity contribution in [3.63, 3.8) is 0 Å². The monoisotopic (exact) mass is 378 g/mol. The van der Waals surface area contributed by atoms with E-state index in [1.165, 1.54) is 22.6 Å². The third kappa shape index (κ3) is 3.65. The molecule has 0 N–H and O–H groups in total. The molecule has 0 unspecified atom stereocenters. The van der Waals surface area contributed by atoms with Crippen molar-refractivity contribution in [2.24, 2.45) is 0 Å². The maximum absolute atomic E-state index is 12.6. The number of ketones is 1. The van der Waals surface area contributed by atoms with Gasteiger partial charge in [-0.1, -0.05) is 18.2 Å². The smallest absolute Gasteiger partial charge is 0.264 e. The Labute approximate surface area is 150 Å². The number of Topliss-reactive ketones (excluding diaryl/α,β-unsaturated/α-hetero) is 1. The van der Waals surface area contributed by atoms with Gasteiger partial charge in [-0.15, -0.1) is 11.3 Å². The highest BCUT2D eigenvalue weighted by Crippen LogP contribution is 2.21. The van der Waals surface area contributed by atoms with Gasteiger partial charge >= 0.3 is 0 Å². The lowest BCUT2D eigenvalue weighted by molar-refractivity contribution is 0.0702. The molecule has 132 valence electrons. The number of rotatable bonds is 4. The maximum atomic E-state index is 12.6. The first-order chi connectivity index (χ1) is 11.9. The Hall–Kier alpha value is -2.03. The van der Waals surface area contributed by atoms with Crippen molar-refractivity contribution < 1.29 is 18.0 Å². The quantitative estimate of drug-likeness (QED) is 0.764. The molecule has 1 aliphatic heterocycles. The normalized spacial score (nSPS) is 16.0. The fourth-order valence-corrected chi connectivity index (χ4v) is 4.98. The van der Waals surface area contributed by atoms with E-state index >= 15 is 0 Å². The van der Waals surface area contributed by atoms with E-state index in [1.54, 1.807) is 47.4 Å². The Morgan fingerprint density at radius 3 is 2.08 bits per heavy atom. The summed E-state index contributed by atoms with van der Waals surface area (Å²) in [6.07, 6.45) is 0. The molecule has 1 fully saturated rings. The first kappa shape index (κ1) is 17.8. The van der Waals surface area contributed by atoms with Crippen molar-refractivity contribution in [1.82, 2.24) is 9.21 Å². The number of carbonyl (C=O) groups is 2. The largest absolute Gasteiger partial charge is 0.335 e. The maximum Gasteiger partial charge on any atom is 0.264 e. The minimum absolute atomic E-state index is 0.0668. The zero-order valence-corrected chi connectivity index (χ0v) is 15.3. The fourth-order valence-electron chi connectivity index (χ4n) is 2.67. The third-order valence-corrected chi connectivity index (χ3v) is 7.16. The van der Waals surface area contributed by atoms with Crippen LogP contribution in [0.3, 0.4) is 0 Å². The molecule has 25 heavy (non-hydrogen) atoms. The summed E-state index contributed by atoms with van der Waals surface area (Å²) in [7, 11) is -3.53. The summed E-state index contributed by atoms with van der Waals surface area (Å²) in [4.78, 5) is 26.8. The van der Waals surface area contributed by atoms with Gasteiger partial charge in [-0.25, -0.2) is 8.42 Å². The van der Waals surface area contributed by atoms with Crippen LogP contribution in [0.15, 0.2) is 47.4 Å². The number of sulfonamides is 1. The van der Waals surface area contributed by atoms with E-state index < -0.39 is 10.0 Å². The summed E-state index contributed by atoms with van der Waals surface area (Å²) in [5.74, 6) is -0.225. The Morgan fingerprint density at radius 2 is 1.52 bits per heavy atom. The van der Waals surface area contributed by atoms with Crippen LogP contribution in [0.2, 0.25) is 0 Å². The average molecular weight is 378 g/mol. The van der Waals surface area contributed by atoms with E-state index in [0.717, 1.165) is 0 Å². The first-order valence-corrected chi connectivity index (χ1v) is 10.1. The van der Waals surface area contributed by atoms with Crippen LogP contribution in [-0.2, 0) is 10.0 Å². The van der Waals surface area contributed by atoms with Crippen LogP contribution < -0.4 is 0 Å². The Morgan fingerprint density at radius 1 is 0.920 bits per heavy atom. The van der Waals surface area contributed by atoms with Crippen molar-refractivity contribution >= 4 is 33.1 Å². The number of piperazine rings is 1. The molecule has 0 saturated carbocycles. The molecule has 0 spiro atoms. The fraction of sp³-hybridized carbons (Fsp3) is 0.294. The molecule has 1 aromatic heterocycles. The summed E-state index contributed by atoms with van der Waals surface area (Å²) >= 11 is 1.17. The van der Waals surface area contributed by atoms with Crippen LogP contribution in [0.5, 0.6) is 0 Å². The molecular weight excluding hydrogens is 360 g/mol. The van der Waals surface area contributed by atoms with Crippen LogP contribution in [0.25, 0.3) is 0 Å². The summed E-state index contributed by atoms with van der Waals surface area (Å²) in [6.45, 7) is 2.64. The zero-order valence-electron chi connectivity index (χ0n) is 13.7. The van der Waals surface area contributed by atoms with Gasteiger partial charge in [0, 0.05) is 26.2 Å². The predicted molar refractivity (Wildman–Crippen MR) is 95.4 cm³/mol. The molecule has 1 aliphatic rings. The molecule has 0 atom stereocenters. The van der Waals surface area contributed by atoms with Gasteiger partial charge in [0.2, 0.25) is 10.0 Å². The number of hydrogen-bond acceptors (Lipinski definition) is 5. The van der Waals surface area contributed by atoms with Crippen LogP contribution >= 0.6 is 11.3 Å². The second-order valence-electron chi connectivity index (χ2n) is 5.73. The number of nitrogens with zero attached hydrogens (tertiary/aromatic N) is 2. The lowest BCUT2D eigenvalue weighted by Gasteiger charge is -2.33. The van der Waals surface area contributed by atoms with Crippen molar-refractivity contribution in [2.45, 2.75) is 11.8 Å². The average Bonchev–Trinajstić information content (AvgIpc) is 3.12. The number of carbonyl (C=O) groups excluding carboxylic acids is 2. The SMILES string of the molecule is CC(=O)c1ccc(C(=O)N2CCN(S(=O)(=O)c3ccccc3)CC2)s1. The molecule has 2 aromatic rings. The van der Waals surface area contributed by atoms with E-state index in [2.05, 4.69) is 0 Å². The Kier molecular flexibility index (Phi) is 5.03. The molecule has 8 heteroatoms. The summed E-state index contributed by atoms with van der Waals surface area (Å²) in [6, 6.07) is 11.6. The van der Waals surface area contributed by atoms with E-state index in [-0.39, 0.29) is 29.7 Å². The molecule has 1 saturated heterocycles. The van der Waals surface area contributed by atoms with Gasteiger partial charge in [0.1, 0.15) is 0 Å². The third-order valence-electron chi connectivity index (χ3n) is 4.07. The molecule has 6 nitrogen and oxygen atoms in total. The van der Waals surface area contributed by atoms with Crippen molar-refractivity contribution in [1.29, 1.82) is 0 Å². The van der Waals surface area contributed by atoms with Crippen LogP contribution in [-0.4, -0.2) is 55.5 Å². The lowest BCUT2D eigenvalue weighted by atomic mass is 10.3. The second-order valence-corrected chi connectivity index (χ2v) is 8.75. The van der Waals surface area contributed by atoms with Crippen molar-refractivity contribution in [3.8, 4) is 0 Å². The molecular formula is C17H18N2O4S2. The van der Waals surface area contributed by atoms with Gasteiger partial charge in [0.15, 0.2) is 5.78 Å². The second kappa shape index (κ2) is 7.07.